The Balaban J connectivity index is 3.59. The summed E-state index contributed by atoms with van der Waals surface area (Å²) < 4.78 is -0.0718. The van der Waals surface area contributed by atoms with E-state index in [1.54, 1.807) is 0 Å². The third-order valence-corrected chi connectivity index (χ3v) is 1.08. The first-order valence-corrected chi connectivity index (χ1v) is 2.60. The first-order valence-electron chi connectivity index (χ1n) is 2.60. The third kappa shape index (κ3) is 0.914. The zero-order valence-electron chi connectivity index (χ0n) is 5.35. The molecule has 11 heavy (non-hydrogen) atoms. The highest BCUT2D eigenvalue weighted by Crippen LogP contribution is 2.12. The molecule has 0 saturated heterocycles. The van der Waals surface area contributed by atoms with E-state index in [1.165, 1.54) is 0 Å². The third-order valence-electron chi connectivity index (χ3n) is 1.08. The Morgan fingerprint density at radius 1 is 1.36 bits per heavy atom. The molecule has 0 unspecified atom stereocenters. The minimum absolute atomic E-state index is 0.0718. The molecular weight excluding hydrogens is 152 g/mol. The van der Waals surface area contributed by atoms with Crippen LogP contribution in [0.5, 0.6) is 5.88 Å². The lowest BCUT2D eigenvalue weighted by Crippen LogP contribution is -2.23. The van der Waals surface area contributed by atoms with Gasteiger partial charge in [0.15, 0.2) is 11.6 Å². The lowest BCUT2D eigenvalue weighted by atomic mass is 10.6. The summed E-state index contributed by atoms with van der Waals surface area (Å²) in [4.78, 5) is 13.9. The van der Waals surface area contributed by atoms with E-state index in [0.717, 1.165) is 0 Å². The minimum atomic E-state index is -1.00. The summed E-state index contributed by atoms with van der Waals surface area (Å²) in [6, 6.07) is 0. The van der Waals surface area contributed by atoms with Gasteiger partial charge in [0.1, 0.15) is 0 Å². The molecule has 60 valence electrons. The van der Waals surface area contributed by atoms with Gasteiger partial charge in [0.05, 0.1) is 0 Å². The predicted molar refractivity (Wildman–Crippen MR) is 36.2 cm³/mol. The van der Waals surface area contributed by atoms with Crippen LogP contribution in [0.2, 0.25) is 0 Å². The summed E-state index contributed by atoms with van der Waals surface area (Å²) in [6.45, 7) is 0. The maximum atomic E-state index is 10.7. The number of aromatic hydroxyl groups is 1. The lowest BCUT2D eigenvalue weighted by molar-refractivity contribution is 0.144. The molecule has 0 aliphatic carbocycles. The van der Waals surface area contributed by atoms with E-state index in [2.05, 4.69) is 4.98 Å². The molecule has 0 fully saturated rings. The molecule has 0 aliphatic heterocycles. The second-order valence-corrected chi connectivity index (χ2v) is 1.82. The van der Waals surface area contributed by atoms with Crippen molar-refractivity contribution in [2.24, 2.45) is 0 Å². The molecule has 0 saturated carbocycles. The Morgan fingerprint density at radius 2 is 1.91 bits per heavy atom. The van der Waals surface area contributed by atoms with E-state index in [1.807, 2.05) is 0 Å². The normalized spacial score (nSPS) is 9.82. The first kappa shape index (κ1) is 7.19. The molecule has 1 rings (SSSR count). The van der Waals surface area contributed by atoms with Crippen molar-refractivity contribution in [1.82, 2.24) is 9.71 Å². The topological polar surface area (TPSA) is 127 Å². The van der Waals surface area contributed by atoms with Crippen LogP contribution in [0.1, 0.15) is 0 Å². The predicted octanol–water partition coefficient (Wildman–Crippen LogP) is -1.65. The van der Waals surface area contributed by atoms with Crippen molar-refractivity contribution in [3.63, 3.8) is 0 Å². The molecule has 0 spiro atoms. The van der Waals surface area contributed by atoms with Crippen molar-refractivity contribution < 1.29 is 10.3 Å². The van der Waals surface area contributed by atoms with Crippen LogP contribution in [0.25, 0.3) is 0 Å². The molecule has 7 nitrogen and oxygen atoms in total. The Bertz CT molecular complexity index is 344. The van der Waals surface area contributed by atoms with Crippen molar-refractivity contribution in [3.8, 4) is 5.88 Å². The Morgan fingerprint density at radius 3 is 2.45 bits per heavy atom. The van der Waals surface area contributed by atoms with Crippen molar-refractivity contribution in [1.29, 1.82) is 0 Å². The van der Waals surface area contributed by atoms with E-state index in [4.69, 9.17) is 21.8 Å². The van der Waals surface area contributed by atoms with E-state index < -0.39 is 23.1 Å². The Kier molecular flexibility index (Phi) is 1.34. The van der Waals surface area contributed by atoms with Gasteiger partial charge in [-0.3, -0.25) is 4.79 Å². The van der Waals surface area contributed by atoms with E-state index in [-0.39, 0.29) is 4.73 Å². The highest BCUT2D eigenvalue weighted by atomic mass is 16.5. The Hall–Kier alpha value is -1.92. The van der Waals surface area contributed by atoms with Gasteiger partial charge in [-0.25, -0.2) is 4.98 Å². The van der Waals surface area contributed by atoms with Crippen molar-refractivity contribution in [2.45, 2.75) is 0 Å². The van der Waals surface area contributed by atoms with Crippen LogP contribution >= 0.6 is 0 Å². The summed E-state index contributed by atoms with van der Waals surface area (Å²) in [5, 5.41) is 17.5. The van der Waals surface area contributed by atoms with E-state index >= 15 is 0 Å². The van der Waals surface area contributed by atoms with Crippen LogP contribution in [0.4, 0.5) is 11.6 Å². The number of nitrogens with two attached hydrogens (primary N) is 2. The van der Waals surface area contributed by atoms with Gasteiger partial charge in [-0.1, -0.05) is 0 Å². The maximum Gasteiger partial charge on any atom is 0.328 e. The summed E-state index contributed by atoms with van der Waals surface area (Å²) in [7, 11) is 0. The van der Waals surface area contributed by atoms with Gasteiger partial charge in [0.25, 0.3) is 5.88 Å². The van der Waals surface area contributed by atoms with E-state index in [0.29, 0.717) is 0 Å². The number of nitrogen functional groups attached to an aromatic ring is 2. The molecule has 7 heteroatoms. The fourth-order valence-corrected chi connectivity index (χ4v) is 0.541. The number of hydrogen-bond acceptors (Lipinski definition) is 6. The largest absolute Gasteiger partial charge is 0.490 e. The number of hydrogen-bond donors (Lipinski definition) is 4. The highest BCUT2D eigenvalue weighted by molar-refractivity contribution is 5.44. The van der Waals surface area contributed by atoms with E-state index in [9.17, 15) is 4.79 Å². The van der Waals surface area contributed by atoms with Gasteiger partial charge in [-0.15, -0.1) is 4.73 Å². The van der Waals surface area contributed by atoms with Crippen molar-refractivity contribution >= 4 is 11.6 Å². The number of anilines is 2. The SMILES string of the molecule is Nc1nc(N)c(=O)n(O)c1O. The molecule has 0 radical (unpaired) electrons. The molecule has 1 heterocycles. The monoisotopic (exact) mass is 158 g/mol. The number of nitrogens with zero attached hydrogens (tertiary/aromatic N) is 2. The summed E-state index contributed by atoms with van der Waals surface area (Å²) in [5.74, 6) is -1.68. The van der Waals surface area contributed by atoms with Gasteiger partial charge in [0.2, 0.25) is 0 Å². The van der Waals surface area contributed by atoms with Crippen molar-refractivity contribution in [2.75, 3.05) is 11.5 Å². The van der Waals surface area contributed by atoms with Crippen molar-refractivity contribution in [3.05, 3.63) is 10.4 Å². The molecule has 0 bridgehead atoms. The second-order valence-electron chi connectivity index (χ2n) is 1.82. The molecular formula is C4H6N4O3. The van der Waals surface area contributed by atoms with Crippen LogP contribution in [0.15, 0.2) is 4.79 Å². The van der Waals surface area contributed by atoms with Gasteiger partial charge in [0, 0.05) is 0 Å². The van der Waals surface area contributed by atoms with Gasteiger partial charge in [-0.05, 0) is 0 Å². The highest BCUT2D eigenvalue weighted by Gasteiger charge is 2.09. The molecule has 0 amide bonds. The second kappa shape index (κ2) is 2.04. The van der Waals surface area contributed by atoms with Crippen LogP contribution in [0, 0.1) is 0 Å². The summed E-state index contributed by atoms with van der Waals surface area (Å²) in [5.41, 5.74) is 9.02. The molecule has 0 aliphatic rings. The number of rotatable bonds is 0. The minimum Gasteiger partial charge on any atom is -0.490 e. The smallest absolute Gasteiger partial charge is 0.328 e. The van der Waals surface area contributed by atoms with Crippen LogP contribution < -0.4 is 17.0 Å². The molecule has 1 aromatic rings. The van der Waals surface area contributed by atoms with Crippen LogP contribution in [-0.4, -0.2) is 20.0 Å². The lowest BCUT2D eigenvalue weighted by Gasteiger charge is -2.01. The fourth-order valence-electron chi connectivity index (χ4n) is 0.541. The van der Waals surface area contributed by atoms with Crippen LogP contribution in [0.3, 0.4) is 0 Å². The average Bonchev–Trinajstić information content (AvgIpc) is 1.97. The fraction of sp³-hybridized carbons (Fsp3) is 0. The molecule has 0 aromatic carbocycles. The molecule has 1 aromatic heterocycles. The quantitative estimate of drug-likeness (QED) is 0.335. The Labute approximate surface area is 60.5 Å². The first-order chi connectivity index (χ1) is 5.04. The molecule has 6 N–H and O–H groups in total. The van der Waals surface area contributed by atoms with Gasteiger partial charge < -0.3 is 21.8 Å². The summed E-state index contributed by atoms with van der Waals surface area (Å²) >= 11 is 0. The standard InChI is InChI=1S/C4H6N4O3/c5-1-3(9)8(11)4(10)2(6)7-1/h9,11H,5H2,(H2,6,7). The number of aromatic nitrogens is 2. The maximum absolute atomic E-state index is 10.7. The zero-order chi connectivity index (χ0) is 8.59. The van der Waals surface area contributed by atoms with Crippen LogP contribution in [-0.2, 0) is 0 Å². The summed E-state index contributed by atoms with van der Waals surface area (Å²) in [6.07, 6.45) is 0. The molecule has 0 atom stereocenters. The van der Waals surface area contributed by atoms with Gasteiger partial charge >= 0.3 is 5.56 Å². The van der Waals surface area contributed by atoms with Gasteiger partial charge in [-0.2, -0.15) is 0 Å². The average molecular weight is 158 g/mol. The zero-order valence-corrected chi connectivity index (χ0v) is 5.35.